The molecule has 0 aliphatic carbocycles. The van der Waals surface area contributed by atoms with E-state index in [-0.39, 0.29) is 11.9 Å². The Morgan fingerprint density at radius 2 is 2.29 bits per heavy atom. The zero-order valence-corrected chi connectivity index (χ0v) is 12.2. The van der Waals surface area contributed by atoms with Crippen LogP contribution < -0.4 is 10.6 Å². The van der Waals surface area contributed by atoms with E-state index in [4.69, 9.17) is 0 Å². The number of aryl methyl sites for hydroxylation is 2. The number of nitrogens with zero attached hydrogens (tertiary/aromatic N) is 2. The van der Waals surface area contributed by atoms with E-state index < -0.39 is 0 Å². The molecule has 0 spiro atoms. The van der Waals surface area contributed by atoms with Gasteiger partial charge in [0.05, 0.1) is 18.8 Å². The van der Waals surface area contributed by atoms with Gasteiger partial charge in [0.1, 0.15) is 0 Å². The molecule has 1 aromatic carbocycles. The number of hydrogen-bond donors (Lipinski definition) is 2. The Labute approximate surface area is 124 Å². The molecule has 2 heterocycles. The van der Waals surface area contributed by atoms with E-state index in [1.165, 1.54) is 5.56 Å². The van der Waals surface area contributed by atoms with Gasteiger partial charge in [-0.3, -0.25) is 9.48 Å². The topological polar surface area (TPSA) is 59.0 Å². The number of carbonyl (C=O) groups excluding carboxylic acids is 1. The summed E-state index contributed by atoms with van der Waals surface area (Å²) >= 11 is 0. The molecule has 1 aliphatic rings. The molecule has 3 rings (SSSR count). The molecule has 0 saturated heterocycles. The fourth-order valence-corrected chi connectivity index (χ4v) is 2.65. The molecule has 0 fully saturated rings. The van der Waals surface area contributed by atoms with Crippen molar-refractivity contribution in [2.45, 2.75) is 32.4 Å². The van der Waals surface area contributed by atoms with Crippen LogP contribution in [0.1, 0.15) is 17.5 Å². The molecule has 21 heavy (non-hydrogen) atoms. The predicted molar refractivity (Wildman–Crippen MR) is 82.1 cm³/mol. The van der Waals surface area contributed by atoms with Crippen molar-refractivity contribution in [3.05, 3.63) is 47.8 Å². The Morgan fingerprint density at radius 3 is 3.10 bits per heavy atom. The second kappa shape index (κ2) is 6.10. The Morgan fingerprint density at radius 1 is 1.43 bits per heavy atom. The van der Waals surface area contributed by atoms with Gasteiger partial charge in [-0.05, 0) is 37.0 Å². The number of carbonyl (C=O) groups is 1. The van der Waals surface area contributed by atoms with Gasteiger partial charge in [0.15, 0.2) is 0 Å². The number of aromatic nitrogens is 2. The van der Waals surface area contributed by atoms with Gasteiger partial charge in [-0.15, -0.1) is 0 Å². The largest absolute Gasteiger partial charge is 0.324 e. The number of para-hydroxylation sites is 1. The molecule has 0 radical (unpaired) electrons. The van der Waals surface area contributed by atoms with Crippen LogP contribution in [-0.2, 0) is 17.8 Å². The maximum Gasteiger partial charge on any atom is 0.241 e. The summed E-state index contributed by atoms with van der Waals surface area (Å²) in [6.45, 7) is 3.52. The number of nitrogens with one attached hydrogen (secondary N) is 2. The number of rotatable bonds is 4. The van der Waals surface area contributed by atoms with E-state index in [0.717, 1.165) is 37.2 Å². The number of hydrogen-bond acceptors (Lipinski definition) is 3. The van der Waals surface area contributed by atoms with Gasteiger partial charge in [-0.2, -0.15) is 5.10 Å². The highest BCUT2D eigenvalue weighted by molar-refractivity contribution is 5.96. The van der Waals surface area contributed by atoms with Crippen molar-refractivity contribution < 1.29 is 4.79 Å². The lowest BCUT2D eigenvalue weighted by Crippen LogP contribution is -2.41. The summed E-state index contributed by atoms with van der Waals surface area (Å²) < 4.78 is 1.89. The van der Waals surface area contributed by atoms with E-state index in [1.807, 2.05) is 42.2 Å². The smallest absolute Gasteiger partial charge is 0.241 e. The summed E-state index contributed by atoms with van der Waals surface area (Å²) in [5.41, 5.74) is 3.30. The Bertz CT molecular complexity index is 635. The first kappa shape index (κ1) is 13.8. The molecule has 1 aromatic heterocycles. The summed E-state index contributed by atoms with van der Waals surface area (Å²) in [6, 6.07) is 7.85. The fourth-order valence-electron chi connectivity index (χ4n) is 2.65. The minimum absolute atomic E-state index is 0.0524. The minimum atomic E-state index is -0.144. The highest BCUT2D eigenvalue weighted by Crippen LogP contribution is 2.21. The third kappa shape index (κ3) is 3.31. The van der Waals surface area contributed by atoms with E-state index in [0.29, 0.717) is 0 Å². The molecule has 2 aromatic rings. The molecular weight excluding hydrogens is 264 g/mol. The average molecular weight is 284 g/mol. The van der Waals surface area contributed by atoms with Crippen LogP contribution >= 0.6 is 0 Å². The fraction of sp³-hybridized carbons (Fsp3) is 0.375. The number of amides is 1. The van der Waals surface area contributed by atoms with Crippen LogP contribution in [-0.4, -0.2) is 28.3 Å². The van der Waals surface area contributed by atoms with E-state index in [1.54, 1.807) is 0 Å². The average Bonchev–Trinajstić information content (AvgIpc) is 2.81. The van der Waals surface area contributed by atoms with Gasteiger partial charge < -0.3 is 10.6 Å². The van der Waals surface area contributed by atoms with Crippen LogP contribution in [0.2, 0.25) is 0 Å². The Hall–Kier alpha value is -2.14. The van der Waals surface area contributed by atoms with Crippen molar-refractivity contribution in [1.29, 1.82) is 0 Å². The second-order valence-electron chi connectivity index (χ2n) is 5.47. The molecule has 5 nitrogen and oxygen atoms in total. The third-order valence-corrected chi connectivity index (χ3v) is 3.79. The van der Waals surface area contributed by atoms with E-state index >= 15 is 0 Å². The van der Waals surface area contributed by atoms with Crippen molar-refractivity contribution in [3.63, 3.8) is 0 Å². The van der Waals surface area contributed by atoms with Crippen LogP contribution in [0, 0.1) is 6.92 Å². The summed E-state index contributed by atoms with van der Waals surface area (Å²) in [5.74, 6) is 0.0524. The van der Waals surface area contributed by atoms with Gasteiger partial charge in [0.2, 0.25) is 5.91 Å². The molecule has 1 atom stereocenters. The Kier molecular flexibility index (Phi) is 4.01. The van der Waals surface area contributed by atoms with E-state index in [9.17, 15) is 4.79 Å². The SMILES string of the molecule is Cc1cnn(CCNC2CCc3ccccc3NC2=O)c1. The van der Waals surface area contributed by atoms with Crippen LogP contribution in [0.25, 0.3) is 0 Å². The molecule has 2 N–H and O–H groups in total. The minimum Gasteiger partial charge on any atom is -0.324 e. The van der Waals surface area contributed by atoms with Crippen molar-refractivity contribution in [3.8, 4) is 0 Å². The lowest BCUT2D eigenvalue weighted by molar-refractivity contribution is -0.118. The lowest BCUT2D eigenvalue weighted by Gasteiger charge is -2.15. The van der Waals surface area contributed by atoms with Crippen LogP contribution in [0.3, 0.4) is 0 Å². The molecule has 0 saturated carbocycles. The summed E-state index contributed by atoms with van der Waals surface area (Å²) in [4.78, 5) is 12.2. The Balaban J connectivity index is 1.56. The van der Waals surface area contributed by atoms with Crippen molar-refractivity contribution in [2.75, 3.05) is 11.9 Å². The van der Waals surface area contributed by atoms with Crippen molar-refractivity contribution in [2.24, 2.45) is 0 Å². The molecule has 1 aliphatic heterocycles. The first-order valence-electron chi connectivity index (χ1n) is 7.33. The summed E-state index contributed by atoms with van der Waals surface area (Å²) in [5, 5.41) is 10.6. The first-order valence-corrected chi connectivity index (χ1v) is 7.33. The van der Waals surface area contributed by atoms with Gasteiger partial charge in [-0.25, -0.2) is 0 Å². The highest BCUT2D eigenvalue weighted by atomic mass is 16.2. The number of anilines is 1. The highest BCUT2D eigenvalue weighted by Gasteiger charge is 2.22. The maximum absolute atomic E-state index is 12.2. The standard InChI is InChI=1S/C16H20N4O/c1-12-10-18-20(11-12)9-8-17-15-7-6-13-4-2-3-5-14(13)19-16(15)21/h2-5,10-11,15,17H,6-9H2,1H3,(H,19,21). The van der Waals surface area contributed by atoms with Crippen LogP contribution in [0.5, 0.6) is 0 Å². The predicted octanol–water partition coefficient (Wildman–Crippen LogP) is 1.73. The number of fused-ring (bicyclic) bond motifs is 1. The third-order valence-electron chi connectivity index (χ3n) is 3.79. The molecular formula is C16H20N4O. The summed E-state index contributed by atoms with van der Waals surface area (Å²) in [6.07, 6.45) is 5.58. The molecule has 1 amide bonds. The zero-order valence-electron chi connectivity index (χ0n) is 12.2. The molecule has 110 valence electrons. The van der Waals surface area contributed by atoms with Gasteiger partial charge >= 0.3 is 0 Å². The van der Waals surface area contributed by atoms with Crippen molar-refractivity contribution >= 4 is 11.6 Å². The molecule has 0 bridgehead atoms. The molecule has 1 unspecified atom stereocenters. The van der Waals surface area contributed by atoms with Gasteiger partial charge in [0.25, 0.3) is 0 Å². The zero-order chi connectivity index (χ0) is 14.7. The monoisotopic (exact) mass is 284 g/mol. The van der Waals surface area contributed by atoms with E-state index in [2.05, 4.69) is 21.8 Å². The van der Waals surface area contributed by atoms with Crippen molar-refractivity contribution in [1.82, 2.24) is 15.1 Å². The lowest BCUT2D eigenvalue weighted by atomic mass is 10.1. The second-order valence-corrected chi connectivity index (χ2v) is 5.47. The van der Waals surface area contributed by atoms with Crippen LogP contribution in [0.4, 0.5) is 5.69 Å². The van der Waals surface area contributed by atoms with Gasteiger partial charge in [-0.1, -0.05) is 18.2 Å². The quantitative estimate of drug-likeness (QED) is 0.899. The first-order chi connectivity index (χ1) is 10.2. The number of benzene rings is 1. The summed E-state index contributed by atoms with van der Waals surface area (Å²) in [7, 11) is 0. The van der Waals surface area contributed by atoms with Gasteiger partial charge in [0, 0.05) is 18.4 Å². The molecule has 5 heteroatoms. The maximum atomic E-state index is 12.2. The normalized spacial score (nSPS) is 18.0. The van der Waals surface area contributed by atoms with Crippen LogP contribution in [0.15, 0.2) is 36.7 Å².